The van der Waals surface area contributed by atoms with Crippen LogP contribution < -0.4 is 5.32 Å². The Balaban J connectivity index is 1.50. The molecule has 3 aliphatic rings. The lowest BCUT2D eigenvalue weighted by molar-refractivity contribution is -0.137. The number of ether oxygens (including phenoxy) is 1. The molecule has 0 unspecified atom stereocenters. The Morgan fingerprint density at radius 3 is 2.46 bits per heavy atom. The summed E-state index contributed by atoms with van der Waals surface area (Å²) in [7, 11) is 0. The summed E-state index contributed by atoms with van der Waals surface area (Å²) in [6.07, 6.45) is -1.05. The molecule has 0 aliphatic carbocycles. The fourth-order valence-corrected chi connectivity index (χ4v) is 5.25. The van der Waals surface area contributed by atoms with Gasteiger partial charge in [0, 0.05) is 29.9 Å². The number of nitrogens with one attached hydrogen (secondary N) is 1. The predicted molar refractivity (Wildman–Crippen MR) is 129 cm³/mol. The second-order valence-corrected chi connectivity index (χ2v) is 9.46. The van der Waals surface area contributed by atoms with E-state index in [0.717, 1.165) is 50.7 Å². The minimum absolute atomic E-state index is 0.0123. The number of nitrogens with zero attached hydrogens (tertiary/aromatic N) is 2. The molecule has 10 heteroatoms. The number of alkyl halides is 3. The van der Waals surface area contributed by atoms with Crippen LogP contribution in [0.3, 0.4) is 0 Å². The maximum atomic E-state index is 13.3. The van der Waals surface area contributed by atoms with Crippen molar-refractivity contribution in [2.45, 2.75) is 32.0 Å². The van der Waals surface area contributed by atoms with Crippen LogP contribution in [-0.4, -0.2) is 59.2 Å². The Labute approximate surface area is 211 Å². The number of carbonyl (C=O) groups excluding carboxylic acids is 3. The van der Waals surface area contributed by atoms with Gasteiger partial charge < -0.3 is 19.4 Å². The molecular formula is C27H26F3N3O4. The van der Waals surface area contributed by atoms with Gasteiger partial charge in [0.05, 0.1) is 28.9 Å². The monoisotopic (exact) mass is 513 g/mol. The van der Waals surface area contributed by atoms with E-state index in [-0.39, 0.29) is 40.9 Å². The fraction of sp³-hybridized carbons (Fsp3) is 0.370. The number of ketones is 1. The Kier molecular flexibility index (Phi) is 6.53. The number of carbonyl (C=O) groups is 3. The molecule has 3 saturated heterocycles. The van der Waals surface area contributed by atoms with E-state index in [4.69, 9.17) is 4.74 Å². The number of esters is 1. The highest BCUT2D eigenvalue weighted by atomic mass is 19.4. The van der Waals surface area contributed by atoms with Gasteiger partial charge in [-0.25, -0.2) is 4.79 Å². The summed E-state index contributed by atoms with van der Waals surface area (Å²) in [5, 5.41) is 3.10. The van der Waals surface area contributed by atoms with E-state index in [1.54, 1.807) is 6.92 Å². The normalized spacial score (nSPS) is 21.1. The highest BCUT2D eigenvalue weighted by Crippen LogP contribution is 2.31. The summed E-state index contributed by atoms with van der Waals surface area (Å²) in [5.41, 5.74) is -0.511. The molecule has 0 radical (unpaired) electrons. The van der Waals surface area contributed by atoms with Crippen LogP contribution >= 0.6 is 0 Å². The maximum absolute atomic E-state index is 13.3. The number of hydrogen-bond donors (Lipinski definition) is 1. The van der Waals surface area contributed by atoms with Crippen molar-refractivity contribution >= 4 is 23.2 Å². The quantitative estimate of drug-likeness (QED) is 0.395. The summed E-state index contributed by atoms with van der Waals surface area (Å²) in [4.78, 5) is 41.4. The molecule has 3 aromatic rings. The first-order valence-corrected chi connectivity index (χ1v) is 12.2. The number of benzene rings is 1. The van der Waals surface area contributed by atoms with Gasteiger partial charge in [0.2, 0.25) is 5.78 Å². The molecule has 1 aromatic carbocycles. The van der Waals surface area contributed by atoms with Crippen LogP contribution in [0.5, 0.6) is 0 Å². The fourth-order valence-electron chi connectivity index (χ4n) is 5.25. The standard InChI is InChI=1S/C27H26F3N3O4/c1-2-37-26(36)20-14-23(24(34)17-4-3-5-19(12-17)27(28,29)30)33-11-8-18(13-22(20)33)25(35)31-21-15-32-9-6-16(21)7-10-32/h3-5,8,11-14,16,21H,2,6-7,9-10,15H2,1H3,(H,31,35)/t21-/m0/s1. The van der Waals surface area contributed by atoms with Crippen molar-refractivity contribution in [3.63, 3.8) is 0 Å². The molecule has 3 aliphatic heterocycles. The molecule has 194 valence electrons. The number of aromatic nitrogens is 1. The molecule has 3 fully saturated rings. The Bertz CT molecular complexity index is 1370. The second-order valence-electron chi connectivity index (χ2n) is 9.46. The molecule has 6 rings (SSSR count). The van der Waals surface area contributed by atoms with Gasteiger partial charge in [0.25, 0.3) is 5.91 Å². The molecular weight excluding hydrogens is 487 g/mol. The molecule has 37 heavy (non-hydrogen) atoms. The zero-order valence-electron chi connectivity index (χ0n) is 20.2. The number of hydrogen-bond acceptors (Lipinski definition) is 5. The topological polar surface area (TPSA) is 80.1 Å². The van der Waals surface area contributed by atoms with Gasteiger partial charge in [-0.05, 0) is 69.1 Å². The third kappa shape index (κ3) is 4.85. The van der Waals surface area contributed by atoms with Crippen LogP contribution in [0.25, 0.3) is 5.52 Å². The van der Waals surface area contributed by atoms with E-state index >= 15 is 0 Å². The Morgan fingerprint density at radius 2 is 1.81 bits per heavy atom. The molecule has 0 saturated carbocycles. The molecule has 2 aromatic heterocycles. The zero-order chi connectivity index (χ0) is 26.3. The van der Waals surface area contributed by atoms with Crippen LogP contribution in [0.15, 0.2) is 48.7 Å². The van der Waals surface area contributed by atoms with Crippen LogP contribution in [-0.2, 0) is 10.9 Å². The number of halogens is 3. The van der Waals surface area contributed by atoms with Crippen LogP contribution in [0.2, 0.25) is 0 Å². The lowest BCUT2D eigenvalue weighted by Gasteiger charge is -2.44. The molecule has 0 spiro atoms. The molecule has 7 nitrogen and oxygen atoms in total. The van der Waals surface area contributed by atoms with Crippen molar-refractivity contribution in [3.8, 4) is 0 Å². The second kappa shape index (κ2) is 9.66. The average Bonchev–Trinajstić information content (AvgIpc) is 3.28. The van der Waals surface area contributed by atoms with Crippen LogP contribution in [0, 0.1) is 5.92 Å². The van der Waals surface area contributed by atoms with Crippen molar-refractivity contribution in [2.75, 3.05) is 26.2 Å². The molecule has 1 N–H and O–H groups in total. The summed E-state index contributed by atoms with van der Waals surface area (Å²) in [6.45, 7) is 4.61. The lowest BCUT2D eigenvalue weighted by Crippen LogP contribution is -2.57. The Hall–Kier alpha value is -3.66. The van der Waals surface area contributed by atoms with Crippen molar-refractivity contribution in [1.29, 1.82) is 0 Å². The van der Waals surface area contributed by atoms with Crippen molar-refractivity contribution in [1.82, 2.24) is 14.6 Å². The minimum Gasteiger partial charge on any atom is -0.462 e. The number of piperidine rings is 3. The van der Waals surface area contributed by atoms with Gasteiger partial charge in [0.1, 0.15) is 0 Å². The van der Waals surface area contributed by atoms with Gasteiger partial charge in [-0.15, -0.1) is 0 Å². The number of fused-ring (bicyclic) bond motifs is 4. The Morgan fingerprint density at radius 1 is 1.05 bits per heavy atom. The van der Waals surface area contributed by atoms with Gasteiger partial charge in [0.15, 0.2) is 0 Å². The van der Waals surface area contributed by atoms with Crippen molar-refractivity contribution < 1.29 is 32.3 Å². The lowest BCUT2D eigenvalue weighted by atomic mass is 9.84. The first-order chi connectivity index (χ1) is 17.7. The van der Waals surface area contributed by atoms with E-state index in [1.165, 1.54) is 34.9 Å². The van der Waals surface area contributed by atoms with Crippen LogP contribution in [0.1, 0.15) is 62.1 Å². The number of amides is 1. The maximum Gasteiger partial charge on any atom is 0.416 e. The average molecular weight is 514 g/mol. The van der Waals surface area contributed by atoms with Gasteiger partial charge in [-0.2, -0.15) is 13.2 Å². The number of rotatable bonds is 6. The summed E-state index contributed by atoms with van der Waals surface area (Å²) >= 11 is 0. The van der Waals surface area contributed by atoms with Crippen LogP contribution in [0.4, 0.5) is 13.2 Å². The van der Waals surface area contributed by atoms with E-state index in [2.05, 4.69) is 10.2 Å². The van der Waals surface area contributed by atoms with Gasteiger partial charge >= 0.3 is 12.1 Å². The van der Waals surface area contributed by atoms with Crippen molar-refractivity contribution in [3.05, 3.63) is 76.6 Å². The predicted octanol–water partition coefficient (Wildman–Crippen LogP) is 4.19. The molecule has 2 bridgehead atoms. The van der Waals surface area contributed by atoms with Crippen molar-refractivity contribution in [2.24, 2.45) is 5.92 Å². The van der Waals surface area contributed by atoms with Gasteiger partial charge in [-0.1, -0.05) is 12.1 Å². The van der Waals surface area contributed by atoms with E-state index in [0.29, 0.717) is 11.5 Å². The summed E-state index contributed by atoms with van der Waals surface area (Å²) in [6, 6.07) is 8.49. The highest BCUT2D eigenvalue weighted by Gasteiger charge is 2.35. The largest absolute Gasteiger partial charge is 0.462 e. The zero-order valence-corrected chi connectivity index (χ0v) is 20.2. The third-order valence-electron chi connectivity index (χ3n) is 7.19. The smallest absolute Gasteiger partial charge is 0.416 e. The summed E-state index contributed by atoms with van der Waals surface area (Å²) < 4.78 is 46.1. The minimum atomic E-state index is -4.61. The van der Waals surface area contributed by atoms with Gasteiger partial charge in [-0.3, -0.25) is 9.59 Å². The molecule has 1 atom stereocenters. The van der Waals surface area contributed by atoms with E-state index < -0.39 is 23.5 Å². The first-order valence-electron chi connectivity index (χ1n) is 12.2. The third-order valence-corrected chi connectivity index (χ3v) is 7.19. The van der Waals surface area contributed by atoms with E-state index in [9.17, 15) is 27.6 Å². The molecule has 1 amide bonds. The number of pyridine rings is 1. The SMILES string of the molecule is CCOC(=O)c1cc(C(=O)c2cccc(C(F)(F)F)c2)n2ccc(C(=O)N[C@H]3CN4CCC3CC4)cc12. The highest BCUT2D eigenvalue weighted by molar-refractivity contribution is 6.11. The summed E-state index contributed by atoms with van der Waals surface area (Å²) in [5.74, 6) is -1.25. The van der Waals surface area contributed by atoms with E-state index in [1.807, 2.05) is 0 Å². The first kappa shape index (κ1) is 25.0. The molecule has 5 heterocycles.